The molecule has 1 heterocycles. The Hall–Kier alpha value is -0.800. The highest BCUT2D eigenvalue weighted by Gasteiger charge is 2.21. The van der Waals surface area contributed by atoms with E-state index in [1.165, 1.54) is 12.8 Å². The Bertz CT molecular complexity index is 429. The normalized spacial score (nSPS) is 16.7. The molecule has 1 fully saturated rings. The van der Waals surface area contributed by atoms with E-state index in [2.05, 4.69) is 43.0 Å². The Morgan fingerprint density at radius 1 is 1.42 bits per heavy atom. The van der Waals surface area contributed by atoms with Crippen LogP contribution in [-0.4, -0.2) is 24.1 Å². The van der Waals surface area contributed by atoms with Crippen molar-refractivity contribution in [3.05, 3.63) is 22.8 Å². The van der Waals surface area contributed by atoms with Crippen molar-refractivity contribution < 1.29 is 0 Å². The van der Waals surface area contributed by atoms with E-state index in [0.717, 1.165) is 22.9 Å². The SMILES string of the molecule is CC(C)C(C)N(C)c1ncc(CNC2CC2)cc1Cl. The molecule has 106 valence electrons. The summed E-state index contributed by atoms with van der Waals surface area (Å²) < 4.78 is 0. The van der Waals surface area contributed by atoms with Crippen molar-refractivity contribution in [2.75, 3.05) is 11.9 Å². The Morgan fingerprint density at radius 2 is 2.11 bits per heavy atom. The molecule has 0 amide bonds. The summed E-state index contributed by atoms with van der Waals surface area (Å²) in [6.45, 7) is 7.48. The molecule has 1 atom stereocenters. The van der Waals surface area contributed by atoms with Crippen LogP contribution < -0.4 is 10.2 Å². The zero-order valence-corrected chi connectivity index (χ0v) is 13.0. The van der Waals surface area contributed by atoms with Crippen LogP contribution in [0.5, 0.6) is 0 Å². The number of pyridine rings is 1. The van der Waals surface area contributed by atoms with Crippen LogP contribution in [0.15, 0.2) is 12.3 Å². The second-order valence-corrected chi connectivity index (χ2v) is 6.31. The Kier molecular flexibility index (Phi) is 4.69. The molecule has 1 saturated carbocycles. The number of anilines is 1. The number of nitrogens with one attached hydrogen (secondary N) is 1. The minimum Gasteiger partial charge on any atom is -0.355 e. The van der Waals surface area contributed by atoms with Crippen molar-refractivity contribution in [2.45, 2.75) is 52.2 Å². The maximum absolute atomic E-state index is 6.37. The number of nitrogens with zero attached hydrogens (tertiary/aromatic N) is 2. The molecule has 0 spiro atoms. The third-order valence-corrected chi connectivity index (χ3v) is 4.24. The van der Waals surface area contributed by atoms with E-state index in [9.17, 15) is 0 Å². The molecular weight excluding hydrogens is 258 g/mol. The van der Waals surface area contributed by atoms with E-state index in [-0.39, 0.29) is 0 Å². The van der Waals surface area contributed by atoms with Crippen molar-refractivity contribution in [1.82, 2.24) is 10.3 Å². The Balaban J connectivity index is 2.04. The van der Waals surface area contributed by atoms with E-state index in [4.69, 9.17) is 11.6 Å². The van der Waals surface area contributed by atoms with Gasteiger partial charge >= 0.3 is 0 Å². The highest BCUT2D eigenvalue weighted by atomic mass is 35.5. The van der Waals surface area contributed by atoms with E-state index in [1.54, 1.807) is 0 Å². The summed E-state index contributed by atoms with van der Waals surface area (Å²) in [7, 11) is 2.06. The smallest absolute Gasteiger partial charge is 0.147 e. The van der Waals surface area contributed by atoms with Crippen LogP contribution in [0.4, 0.5) is 5.82 Å². The van der Waals surface area contributed by atoms with Gasteiger partial charge in [-0.15, -0.1) is 0 Å². The molecule has 1 N–H and O–H groups in total. The third kappa shape index (κ3) is 3.83. The predicted octanol–water partition coefficient (Wildman–Crippen LogP) is 3.47. The molecule has 0 bridgehead atoms. The van der Waals surface area contributed by atoms with E-state index in [1.807, 2.05) is 12.3 Å². The van der Waals surface area contributed by atoms with Crippen LogP contribution in [0.3, 0.4) is 0 Å². The fourth-order valence-corrected chi connectivity index (χ4v) is 2.34. The zero-order chi connectivity index (χ0) is 14.0. The lowest BCUT2D eigenvalue weighted by atomic mass is 10.1. The first-order valence-electron chi connectivity index (χ1n) is 7.09. The van der Waals surface area contributed by atoms with E-state index >= 15 is 0 Å². The predicted molar refractivity (Wildman–Crippen MR) is 81.8 cm³/mol. The van der Waals surface area contributed by atoms with Gasteiger partial charge in [0.05, 0.1) is 5.02 Å². The topological polar surface area (TPSA) is 28.2 Å². The van der Waals surface area contributed by atoms with Gasteiger partial charge in [-0.05, 0) is 37.3 Å². The van der Waals surface area contributed by atoms with Gasteiger partial charge in [-0.25, -0.2) is 4.98 Å². The molecule has 3 nitrogen and oxygen atoms in total. The number of hydrogen-bond acceptors (Lipinski definition) is 3. The second-order valence-electron chi connectivity index (χ2n) is 5.90. The molecule has 4 heteroatoms. The molecule has 1 aliphatic carbocycles. The lowest BCUT2D eigenvalue weighted by molar-refractivity contribution is 0.502. The van der Waals surface area contributed by atoms with Crippen LogP contribution in [0, 0.1) is 5.92 Å². The summed E-state index contributed by atoms with van der Waals surface area (Å²) in [5.41, 5.74) is 1.16. The maximum atomic E-state index is 6.37. The fraction of sp³-hybridized carbons (Fsp3) is 0.667. The molecule has 1 aromatic rings. The highest BCUT2D eigenvalue weighted by molar-refractivity contribution is 6.33. The lowest BCUT2D eigenvalue weighted by Gasteiger charge is -2.29. The molecule has 0 aromatic carbocycles. The van der Waals surface area contributed by atoms with Crippen molar-refractivity contribution in [1.29, 1.82) is 0 Å². The first-order chi connectivity index (χ1) is 8.99. The van der Waals surface area contributed by atoms with Gasteiger partial charge in [0, 0.05) is 31.9 Å². The summed E-state index contributed by atoms with van der Waals surface area (Å²) >= 11 is 6.37. The summed E-state index contributed by atoms with van der Waals surface area (Å²) in [5.74, 6) is 1.44. The third-order valence-electron chi connectivity index (χ3n) is 3.96. The average molecular weight is 282 g/mol. The van der Waals surface area contributed by atoms with Gasteiger partial charge in [0.1, 0.15) is 5.82 Å². The number of rotatable bonds is 6. The molecule has 0 radical (unpaired) electrons. The standard InChI is InChI=1S/C15H24ClN3/c1-10(2)11(3)19(4)15-14(16)7-12(9-18-15)8-17-13-5-6-13/h7,9-11,13,17H,5-6,8H2,1-4H3. The molecule has 19 heavy (non-hydrogen) atoms. The van der Waals surface area contributed by atoms with Gasteiger partial charge in [0.15, 0.2) is 0 Å². The average Bonchev–Trinajstić information content (AvgIpc) is 3.18. The largest absolute Gasteiger partial charge is 0.355 e. The van der Waals surface area contributed by atoms with Crippen molar-refractivity contribution in [3.63, 3.8) is 0 Å². The monoisotopic (exact) mass is 281 g/mol. The van der Waals surface area contributed by atoms with E-state index in [0.29, 0.717) is 18.0 Å². The molecular formula is C15H24ClN3. The van der Waals surface area contributed by atoms with Crippen LogP contribution in [-0.2, 0) is 6.54 Å². The number of aromatic nitrogens is 1. The summed E-state index contributed by atoms with van der Waals surface area (Å²) in [4.78, 5) is 6.69. The lowest BCUT2D eigenvalue weighted by Crippen LogP contribution is -2.34. The first kappa shape index (κ1) is 14.6. The van der Waals surface area contributed by atoms with Crippen LogP contribution in [0.1, 0.15) is 39.2 Å². The summed E-state index contributed by atoms with van der Waals surface area (Å²) in [5, 5.41) is 4.22. The minimum absolute atomic E-state index is 0.417. The van der Waals surface area contributed by atoms with Gasteiger partial charge in [-0.2, -0.15) is 0 Å². The molecule has 0 aliphatic heterocycles. The van der Waals surface area contributed by atoms with Gasteiger partial charge in [-0.1, -0.05) is 25.4 Å². The van der Waals surface area contributed by atoms with Crippen LogP contribution in [0.25, 0.3) is 0 Å². The highest BCUT2D eigenvalue weighted by Crippen LogP contribution is 2.27. The molecule has 1 aliphatic rings. The molecule has 1 aromatic heterocycles. The molecule has 1 unspecified atom stereocenters. The van der Waals surface area contributed by atoms with Gasteiger partial charge < -0.3 is 10.2 Å². The summed E-state index contributed by atoms with van der Waals surface area (Å²) in [6, 6.07) is 3.16. The fourth-order valence-electron chi connectivity index (χ4n) is 2.02. The minimum atomic E-state index is 0.417. The van der Waals surface area contributed by atoms with Crippen molar-refractivity contribution in [2.24, 2.45) is 5.92 Å². The Morgan fingerprint density at radius 3 is 2.63 bits per heavy atom. The van der Waals surface area contributed by atoms with Crippen molar-refractivity contribution >= 4 is 17.4 Å². The van der Waals surface area contributed by atoms with Gasteiger partial charge in [0.25, 0.3) is 0 Å². The number of hydrogen-bond donors (Lipinski definition) is 1. The molecule has 2 rings (SSSR count). The van der Waals surface area contributed by atoms with Crippen LogP contribution in [0.2, 0.25) is 5.02 Å². The van der Waals surface area contributed by atoms with Crippen molar-refractivity contribution in [3.8, 4) is 0 Å². The molecule has 0 saturated heterocycles. The number of halogens is 1. The zero-order valence-electron chi connectivity index (χ0n) is 12.3. The van der Waals surface area contributed by atoms with Gasteiger partial charge in [-0.3, -0.25) is 0 Å². The Labute approximate surface area is 121 Å². The first-order valence-corrected chi connectivity index (χ1v) is 7.47. The van der Waals surface area contributed by atoms with Gasteiger partial charge in [0.2, 0.25) is 0 Å². The maximum Gasteiger partial charge on any atom is 0.147 e. The van der Waals surface area contributed by atoms with E-state index < -0.39 is 0 Å². The van der Waals surface area contributed by atoms with Crippen LogP contribution >= 0.6 is 11.6 Å². The summed E-state index contributed by atoms with van der Waals surface area (Å²) in [6.07, 6.45) is 4.53. The quantitative estimate of drug-likeness (QED) is 0.865. The second kappa shape index (κ2) is 6.10.